The molecule has 0 spiro atoms. The van der Waals surface area contributed by atoms with Crippen molar-refractivity contribution in [1.29, 1.82) is 0 Å². The van der Waals surface area contributed by atoms with E-state index in [0.29, 0.717) is 6.42 Å². The first-order chi connectivity index (χ1) is 10.3. The van der Waals surface area contributed by atoms with Gasteiger partial charge in [-0.15, -0.1) is 0 Å². The lowest BCUT2D eigenvalue weighted by atomic mass is 9.99. The van der Waals surface area contributed by atoms with Crippen molar-refractivity contribution in [3.8, 4) is 11.1 Å². The van der Waals surface area contributed by atoms with E-state index in [4.69, 9.17) is 0 Å². The number of anilines is 1. The molecule has 1 aromatic heterocycles. The minimum absolute atomic E-state index is 0.251. The highest BCUT2D eigenvalue weighted by molar-refractivity contribution is 6.02. The molecular formula is C17H17N3O. The molecule has 21 heavy (non-hydrogen) atoms. The number of hydrogen-bond donors (Lipinski definition) is 0. The third-order valence-corrected chi connectivity index (χ3v) is 4.42. The molecule has 2 heterocycles. The molecule has 0 unspecified atom stereocenters. The zero-order valence-corrected chi connectivity index (χ0v) is 11.9. The van der Waals surface area contributed by atoms with Crippen LogP contribution in [0.25, 0.3) is 11.1 Å². The standard InChI is InChI=1S/C17H17N3O/c21-16-7-6-14-13(4-3-5-15(14)16)12-10-18-17(19-11-12)20-8-1-2-9-20/h3-5,10-11H,1-2,6-9H2. The van der Waals surface area contributed by atoms with Crippen molar-refractivity contribution in [3.05, 3.63) is 41.7 Å². The van der Waals surface area contributed by atoms with Gasteiger partial charge in [0.25, 0.3) is 0 Å². The first-order valence-electron chi connectivity index (χ1n) is 7.55. The topological polar surface area (TPSA) is 46.1 Å². The van der Waals surface area contributed by atoms with Crippen molar-refractivity contribution in [3.63, 3.8) is 0 Å². The molecule has 1 aromatic carbocycles. The molecule has 0 atom stereocenters. The van der Waals surface area contributed by atoms with Gasteiger partial charge in [-0.2, -0.15) is 0 Å². The van der Waals surface area contributed by atoms with Crippen LogP contribution in [0.4, 0.5) is 5.95 Å². The van der Waals surface area contributed by atoms with Crippen LogP contribution in [0.1, 0.15) is 35.2 Å². The summed E-state index contributed by atoms with van der Waals surface area (Å²) in [7, 11) is 0. The molecule has 0 amide bonds. The van der Waals surface area contributed by atoms with Crippen molar-refractivity contribution >= 4 is 11.7 Å². The average Bonchev–Trinajstić information content (AvgIpc) is 3.18. The number of ketones is 1. The lowest BCUT2D eigenvalue weighted by molar-refractivity contribution is 0.0994. The third-order valence-electron chi connectivity index (χ3n) is 4.42. The van der Waals surface area contributed by atoms with Gasteiger partial charge >= 0.3 is 0 Å². The molecule has 1 saturated heterocycles. The van der Waals surface area contributed by atoms with Crippen LogP contribution in [-0.2, 0) is 6.42 Å². The lowest BCUT2D eigenvalue weighted by Crippen LogP contribution is -2.20. The van der Waals surface area contributed by atoms with E-state index in [1.54, 1.807) is 0 Å². The molecule has 4 rings (SSSR count). The molecule has 1 aliphatic carbocycles. The Balaban J connectivity index is 1.70. The van der Waals surface area contributed by atoms with Gasteiger partial charge in [-0.3, -0.25) is 4.79 Å². The van der Waals surface area contributed by atoms with Gasteiger partial charge in [0.1, 0.15) is 0 Å². The number of Topliss-reactive ketones (excluding diaryl/α,β-unsaturated/α-hetero) is 1. The Morgan fingerprint density at radius 2 is 1.67 bits per heavy atom. The van der Waals surface area contributed by atoms with Gasteiger partial charge in [0.2, 0.25) is 5.95 Å². The first-order valence-corrected chi connectivity index (χ1v) is 7.55. The van der Waals surface area contributed by atoms with Crippen molar-refractivity contribution in [2.24, 2.45) is 0 Å². The summed E-state index contributed by atoms with van der Waals surface area (Å²) in [4.78, 5) is 23.1. The van der Waals surface area contributed by atoms with Crippen LogP contribution < -0.4 is 4.90 Å². The fourth-order valence-electron chi connectivity index (χ4n) is 3.30. The summed E-state index contributed by atoms with van der Waals surface area (Å²) < 4.78 is 0. The molecule has 0 radical (unpaired) electrons. The monoisotopic (exact) mass is 279 g/mol. The number of carbonyl (C=O) groups is 1. The molecular weight excluding hydrogens is 262 g/mol. The molecule has 0 N–H and O–H groups in total. The number of benzene rings is 1. The Kier molecular flexibility index (Phi) is 2.95. The zero-order valence-electron chi connectivity index (χ0n) is 11.9. The molecule has 106 valence electrons. The molecule has 4 nitrogen and oxygen atoms in total. The third kappa shape index (κ3) is 2.11. The van der Waals surface area contributed by atoms with Gasteiger partial charge in [0, 0.05) is 43.0 Å². The van der Waals surface area contributed by atoms with Crippen LogP contribution in [0.15, 0.2) is 30.6 Å². The van der Waals surface area contributed by atoms with Crippen molar-refractivity contribution in [1.82, 2.24) is 9.97 Å². The van der Waals surface area contributed by atoms with E-state index in [-0.39, 0.29) is 5.78 Å². The Morgan fingerprint density at radius 3 is 2.43 bits per heavy atom. The van der Waals surface area contributed by atoms with E-state index in [2.05, 4.69) is 20.9 Å². The van der Waals surface area contributed by atoms with E-state index in [1.807, 2.05) is 24.5 Å². The second-order valence-electron chi connectivity index (χ2n) is 5.72. The fraction of sp³-hybridized carbons (Fsp3) is 0.353. The number of hydrogen-bond acceptors (Lipinski definition) is 4. The fourth-order valence-corrected chi connectivity index (χ4v) is 3.30. The van der Waals surface area contributed by atoms with Gasteiger partial charge in [-0.25, -0.2) is 9.97 Å². The van der Waals surface area contributed by atoms with Gasteiger partial charge in [-0.1, -0.05) is 18.2 Å². The van der Waals surface area contributed by atoms with Gasteiger partial charge in [0.05, 0.1) is 0 Å². The Hall–Kier alpha value is -2.23. The minimum Gasteiger partial charge on any atom is -0.341 e. The number of fused-ring (bicyclic) bond motifs is 1. The molecule has 1 aliphatic heterocycles. The highest BCUT2D eigenvalue weighted by Crippen LogP contribution is 2.32. The maximum absolute atomic E-state index is 11.8. The Morgan fingerprint density at radius 1 is 0.952 bits per heavy atom. The van der Waals surface area contributed by atoms with Crippen LogP contribution in [0, 0.1) is 0 Å². The summed E-state index contributed by atoms with van der Waals surface area (Å²) in [6.07, 6.45) is 7.67. The van der Waals surface area contributed by atoms with Crippen molar-refractivity contribution in [2.75, 3.05) is 18.0 Å². The van der Waals surface area contributed by atoms with E-state index >= 15 is 0 Å². The maximum Gasteiger partial charge on any atom is 0.225 e. The molecule has 2 aromatic rings. The molecule has 0 bridgehead atoms. The maximum atomic E-state index is 11.8. The van der Waals surface area contributed by atoms with Crippen LogP contribution in [-0.4, -0.2) is 28.8 Å². The Bertz CT molecular complexity index is 688. The van der Waals surface area contributed by atoms with E-state index in [9.17, 15) is 4.79 Å². The summed E-state index contributed by atoms with van der Waals surface area (Å²) in [5.74, 6) is 1.07. The zero-order chi connectivity index (χ0) is 14.2. The summed E-state index contributed by atoms with van der Waals surface area (Å²) in [5, 5.41) is 0. The largest absolute Gasteiger partial charge is 0.341 e. The molecule has 2 aliphatic rings. The number of rotatable bonds is 2. The Labute approximate surface area is 123 Å². The van der Waals surface area contributed by atoms with E-state index < -0.39 is 0 Å². The summed E-state index contributed by atoms with van der Waals surface area (Å²) in [6, 6.07) is 5.94. The van der Waals surface area contributed by atoms with Crippen molar-refractivity contribution in [2.45, 2.75) is 25.7 Å². The second kappa shape index (κ2) is 4.95. The second-order valence-corrected chi connectivity index (χ2v) is 5.72. The molecule has 0 saturated carbocycles. The smallest absolute Gasteiger partial charge is 0.225 e. The van der Waals surface area contributed by atoms with Gasteiger partial charge in [0.15, 0.2) is 5.78 Å². The minimum atomic E-state index is 0.251. The molecule has 1 fully saturated rings. The SMILES string of the molecule is O=C1CCc2c1cccc2-c1cnc(N2CCCC2)nc1. The van der Waals surface area contributed by atoms with Crippen LogP contribution in [0.3, 0.4) is 0 Å². The van der Waals surface area contributed by atoms with Crippen molar-refractivity contribution < 1.29 is 4.79 Å². The van der Waals surface area contributed by atoms with Crippen LogP contribution in [0.2, 0.25) is 0 Å². The normalized spacial score (nSPS) is 17.3. The first kappa shape index (κ1) is 12.5. The number of carbonyl (C=O) groups excluding carboxylic acids is 1. The molecule has 4 heteroatoms. The summed E-state index contributed by atoms with van der Waals surface area (Å²) >= 11 is 0. The highest BCUT2D eigenvalue weighted by atomic mass is 16.1. The predicted octanol–water partition coefficient (Wildman–Crippen LogP) is 2.87. The predicted molar refractivity (Wildman–Crippen MR) is 81.6 cm³/mol. The number of aromatic nitrogens is 2. The summed E-state index contributed by atoms with van der Waals surface area (Å²) in [5.41, 5.74) is 4.13. The highest BCUT2D eigenvalue weighted by Gasteiger charge is 2.22. The van der Waals surface area contributed by atoms with E-state index in [1.165, 1.54) is 12.8 Å². The van der Waals surface area contributed by atoms with E-state index in [0.717, 1.165) is 47.7 Å². The van der Waals surface area contributed by atoms with Gasteiger partial charge < -0.3 is 4.90 Å². The van der Waals surface area contributed by atoms with Crippen LogP contribution >= 0.6 is 0 Å². The summed E-state index contributed by atoms with van der Waals surface area (Å²) in [6.45, 7) is 2.10. The quantitative estimate of drug-likeness (QED) is 0.848. The lowest BCUT2D eigenvalue weighted by Gasteiger charge is -2.15. The number of nitrogens with zero attached hydrogens (tertiary/aromatic N) is 3. The van der Waals surface area contributed by atoms with Gasteiger partial charge in [-0.05, 0) is 30.4 Å². The van der Waals surface area contributed by atoms with Crippen LogP contribution in [0.5, 0.6) is 0 Å². The average molecular weight is 279 g/mol.